The topological polar surface area (TPSA) is 182 Å². The highest BCUT2D eigenvalue weighted by atomic mass is 16.1. The summed E-state index contributed by atoms with van der Waals surface area (Å²) in [5.41, 5.74) is 16.4. The molecule has 1 amide bonds. The fraction of sp³-hybridized carbons (Fsp3) is 0.100. The van der Waals surface area contributed by atoms with Crippen molar-refractivity contribution in [3.05, 3.63) is 18.2 Å². The standard InChI is InChI=1S/C10H17N9O/c1-5(20)15-8-6(16-9(11)18-13)3-2-4-7(8)17-10(12)19-14/h2-4H,13-14H2,1H3,(H,15,20)(H3,11,16,18)(H3,12,17,19). The molecule has 0 spiro atoms. The number of para-hydroxylation sites is 1. The number of aliphatic imine (C=N–C) groups is 2. The van der Waals surface area contributed by atoms with Crippen LogP contribution < -0.4 is 39.3 Å². The summed E-state index contributed by atoms with van der Waals surface area (Å²) in [6, 6.07) is 4.91. The van der Waals surface area contributed by atoms with Crippen molar-refractivity contribution < 1.29 is 4.79 Å². The molecule has 0 aliphatic rings. The molecule has 10 nitrogen and oxygen atoms in total. The monoisotopic (exact) mass is 279 g/mol. The Kier molecular flexibility index (Phi) is 5.26. The molecule has 0 aliphatic carbocycles. The Morgan fingerprint density at radius 3 is 1.85 bits per heavy atom. The van der Waals surface area contributed by atoms with E-state index in [1.54, 1.807) is 18.2 Å². The number of hydrazine groups is 2. The van der Waals surface area contributed by atoms with Gasteiger partial charge in [-0.05, 0) is 12.1 Å². The van der Waals surface area contributed by atoms with E-state index in [-0.39, 0.29) is 17.8 Å². The van der Waals surface area contributed by atoms with Crippen molar-refractivity contribution in [3.8, 4) is 0 Å². The molecule has 0 saturated heterocycles. The lowest BCUT2D eigenvalue weighted by Crippen LogP contribution is -2.36. The summed E-state index contributed by atoms with van der Waals surface area (Å²) in [4.78, 5) is 19.3. The predicted octanol–water partition coefficient (Wildman–Crippen LogP) is -1.54. The Labute approximate surface area is 115 Å². The number of nitrogens with zero attached hydrogens (tertiary/aromatic N) is 2. The molecule has 0 fully saturated rings. The minimum Gasteiger partial charge on any atom is -0.369 e. The largest absolute Gasteiger partial charge is 0.369 e. The van der Waals surface area contributed by atoms with Crippen LogP contribution >= 0.6 is 0 Å². The number of rotatable bonds is 3. The van der Waals surface area contributed by atoms with E-state index in [2.05, 4.69) is 26.2 Å². The maximum atomic E-state index is 11.3. The fourth-order valence-electron chi connectivity index (χ4n) is 1.34. The van der Waals surface area contributed by atoms with Gasteiger partial charge in [-0.2, -0.15) is 0 Å². The van der Waals surface area contributed by atoms with E-state index in [9.17, 15) is 4.79 Å². The van der Waals surface area contributed by atoms with Gasteiger partial charge in [0, 0.05) is 6.92 Å². The third-order valence-corrected chi connectivity index (χ3v) is 2.10. The highest BCUT2D eigenvalue weighted by Crippen LogP contribution is 2.34. The second-order valence-electron chi connectivity index (χ2n) is 3.64. The lowest BCUT2D eigenvalue weighted by atomic mass is 10.2. The number of guanidine groups is 2. The second-order valence-corrected chi connectivity index (χ2v) is 3.64. The predicted molar refractivity (Wildman–Crippen MR) is 78.0 cm³/mol. The first kappa shape index (κ1) is 15.2. The molecule has 1 rings (SSSR count). The molecule has 11 N–H and O–H groups in total. The summed E-state index contributed by atoms with van der Waals surface area (Å²) in [7, 11) is 0. The maximum Gasteiger partial charge on any atom is 0.221 e. The van der Waals surface area contributed by atoms with E-state index in [1.807, 2.05) is 0 Å². The van der Waals surface area contributed by atoms with Gasteiger partial charge in [0.25, 0.3) is 0 Å². The smallest absolute Gasteiger partial charge is 0.221 e. The number of nitrogens with two attached hydrogens (primary N) is 4. The summed E-state index contributed by atoms with van der Waals surface area (Å²) in [5.74, 6) is 9.93. The molecule has 1 aromatic rings. The first-order chi connectivity index (χ1) is 9.47. The van der Waals surface area contributed by atoms with Gasteiger partial charge in [-0.3, -0.25) is 15.6 Å². The highest BCUT2D eigenvalue weighted by molar-refractivity contribution is 5.98. The summed E-state index contributed by atoms with van der Waals surface area (Å²) in [6.45, 7) is 1.35. The van der Waals surface area contributed by atoms with Crippen LogP contribution in [0.2, 0.25) is 0 Å². The van der Waals surface area contributed by atoms with Crippen molar-refractivity contribution >= 4 is 34.9 Å². The van der Waals surface area contributed by atoms with E-state index in [4.69, 9.17) is 23.2 Å². The number of carbonyl (C=O) groups is 1. The summed E-state index contributed by atoms with van der Waals surface area (Å²) < 4.78 is 0. The molecule has 0 unspecified atom stereocenters. The lowest BCUT2D eigenvalue weighted by Gasteiger charge is -2.11. The average Bonchev–Trinajstić information content (AvgIpc) is 2.41. The number of anilines is 1. The van der Waals surface area contributed by atoms with Crippen LogP contribution in [-0.2, 0) is 4.79 Å². The maximum absolute atomic E-state index is 11.3. The van der Waals surface area contributed by atoms with Crippen LogP contribution in [0.25, 0.3) is 0 Å². The Morgan fingerprint density at radius 2 is 1.50 bits per heavy atom. The van der Waals surface area contributed by atoms with Crippen molar-refractivity contribution in [2.24, 2.45) is 33.1 Å². The van der Waals surface area contributed by atoms with Gasteiger partial charge >= 0.3 is 0 Å². The number of benzene rings is 1. The van der Waals surface area contributed by atoms with Gasteiger partial charge in [0.2, 0.25) is 17.8 Å². The van der Waals surface area contributed by atoms with Crippen molar-refractivity contribution in [2.45, 2.75) is 6.92 Å². The molecular weight excluding hydrogens is 262 g/mol. The first-order valence-electron chi connectivity index (χ1n) is 5.50. The molecule has 0 heterocycles. The van der Waals surface area contributed by atoms with Gasteiger partial charge in [-0.1, -0.05) is 6.07 Å². The molecule has 0 bridgehead atoms. The molecule has 0 atom stereocenters. The molecule has 0 aliphatic heterocycles. The number of nitrogens with one attached hydrogen (secondary N) is 3. The fourth-order valence-corrected chi connectivity index (χ4v) is 1.34. The van der Waals surface area contributed by atoms with Crippen LogP contribution in [0.3, 0.4) is 0 Å². The lowest BCUT2D eigenvalue weighted by molar-refractivity contribution is -0.114. The molecule has 0 aromatic heterocycles. The van der Waals surface area contributed by atoms with Crippen LogP contribution in [0.5, 0.6) is 0 Å². The first-order valence-corrected chi connectivity index (χ1v) is 5.50. The van der Waals surface area contributed by atoms with E-state index >= 15 is 0 Å². The number of hydrogen-bond acceptors (Lipinski definition) is 5. The Bertz CT molecular complexity index is 513. The van der Waals surface area contributed by atoms with Crippen molar-refractivity contribution in [3.63, 3.8) is 0 Å². The van der Waals surface area contributed by atoms with E-state index in [0.29, 0.717) is 17.1 Å². The molecule has 10 heteroatoms. The molecular formula is C10H17N9O. The zero-order valence-corrected chi connectivity index (χ0v) is 10.8. The Morgan fingerprint density at radius 1 is 1.05 bits per heavy atom. The van der Waals surface area contributed by atoms with Gasteiger partial charge < -0.3 is 16.8 Å². The molecule has 108 valence electrons. The van der Waals surface area contributed by atoms with Crippen LogP contribution in [0.1, 0.15) is 6.92 Å². The van der Waals surface area contributed by atoms with Gasteiger partial charge in [-0.15, -0.1) is 0 Å². The third kappa shape index (κ3) is 4.12. The third-order valence-electron chi connectivity index (χ3n) is 2.10. The summed E-state index contributed by atoms with van der Waals surface area (Å²) in [5, 5.41) is 2.60. The number of amides is 1. The van der Waals surface area contributed by atoms with E-state index < -0.39 is 0 Å². The quantitative estimate of drug-likeness (QED) is 0.151. The average molecular weight is 279 g/mol. The molecule has 0 saturated carbocycles. The van der Waals surface area contributed by atoms with Crippen molar-refractivity contribution in [1.29, 1.82) is 0 Å². The van der Waals surface area contributed by atoms with Gasteiger partial charge in [-0.25, -0.2) is 21.7 Å². The number of carbonyl (C=O) groups excluding carboxylic acids is 1. The second kappa shape index (κ2) is 6.92. The van der Waals surface area contributed by atoms with Crippen LogP contribution in [0.4, 0.5) is 17.1 Å². The minimum atomic E-state index is -0.303. The normalized spacial score (nSPS) is 11.9. The zero-order chi connectivity index (χ0) is 15.1. The number of hydrogen-bond donors (Lipinski definition) is 7. The molecule has 0 radical (unpaired) electrons. The van der Waals surface area contributed by atoms with Gasteiger partial charge in [0.15, 0.2) is 0 Å². The Hall–Kier alpha value is -2.85. The van der Waals surface area contributed by atoms with Gasteiger partial charge in [0.1, 0.15) is 0 Å². The Balaban J connectivity index is 3.37. The van der Waals surface area contributed by atoms with Crippen molar-refractivity contribution in [1.82, 2.24) is 10.9 Å². The van der Waals surface area contributed by atoms with Crippen LogP contribution in [-0.4, -0.2) is 17.8 Å². The molecule has 1 aromatic carbocycles. The van der Waals surface area contributed by atoms with Crippen LogP contribution in [0.15, 0.2) is 28.2 Å². The highest BCUT2D eigenvalue weighted by Gasteiger charge is 2.10. The SMILES string of the molecule is CC(=O)Nc1c(N=C(N)NN)cccc1N=C(N)NN. The van der Waals surface area contributed by atoms with Crippen molar-refractivity contribution in [2.75, 3.05) is 5.32 Å². The molecule has 20 heavy (non-hydrogen) atoms. The summed E-state index contributed by atoms with van der Waals surface area (Å²) in [6.07, 6.45) is 0. The zero-order valence-electron chi connectivity index (χ0n) is 10.8. The summed E-state index contributed by atoms with van der Waals surface area (Å²) >= 11 is 0. The van der Waals surface area contributed by atoms with E-state index in [0.717, 1.165) is 0 Å². The van der Waals surface area contributed by atoms with Crippen LogP contribution in [0, 0.1) is 0 Å². The van der Waals surface area contributed by atoms with E-state index in [1.165, 1.54) is 6.92 Å². The van der Waals surface area contributed by atoms with Gasteiger partial charge in [0.05, 0.1) is 17.1 Å². The minimum absolute atomic E-state index is 0.0253.